The molecule has 0 aliphatic carbocycles. The molecular weight excluding hydrogens is 478 g/mol. The van der Waals surface area contributed by atoms with Crippen LogP contribution in [0.4, 0.5) is 26.3 Å². The van der Waals surface area contributed by atoms with Gasteiger partial charge in [-0.3, -0.25) is 0 Å². The SMILES string of the molecule is CCCc1cc(F)c(-c2ccc3c(F)c(CCc4ccc(OCC(F)(F)F)cc4)ccc3c2)c(F)c1. The summed E-state index contributed by atoms with van der Waals surface area (Å²) in [6, 6.07) is 16.8. The number of aryl methyl sites for hydroxylation is 3. The minimum absolute atomic E-state index is 0.108. The van der Waals surface area contributed by atoms with Crippen LogP contribution in [-0.2, 0) is 19.3 Å². The van der Waals surface area contributed by atoms with Gasteiger partial charge < -0.3 is 4.74 Å². The molecule has 4 aromatic rings. The summed E-state index contributed by atoms with van der Waals surface area (Å²) in [7, 11) is 0. The molecule has 0 atom stereocenters. The fourth-order valence-corrected chi connectivity index (χ4v) is 4.22. The number of benzene rings is 4. The molecule has 0 saturated carbocycles. The van der Waals surface area contributed by atoms with Crippen LogP contribution in [0.1, 0.15) is 30.0 Å². The van der Waals surface area contributed by atoms with Crippen molar-refractivity contribution in [2.45, 2.75) is 38.8 Å². The van der Waals surface area contributed by atoms with Gasteiger partial charge in [0.15, 0.2) is 6.61 Å². The first-order chi connectivity index (χ1) is 17.1. The van der Waals surface area contributed by atoms with Crippen molar-refractivity contribution in [1.82, 2.24) is 0 Å². The molecule has 0 N–H and O–H groups in total. The Labute approximate surface area is 205 Å². The maximum atomic E-state index is 15.2. The lowest BCUT2D eigenvalue weighted by atomic mass is 9.96. The Hall–Kier alpha value is -3.48. The number of ether oxygens (including phenoxy) is 1. The van der Waals surface area contributed by atoms with Crippen LogP contribution in [-0.4, -0.2) is 12.8 Å². The summed E-state index contributed by atoms with van der Waals surface area (Å²) in [4.78, 5) is 0. The lowest BCUT2D eigenvalue weighted by Crippen LogP contribution is -2.19. The third-order valence-electron chi connectivity index (χ3n) is 5.97. The first-order valence-electron chi connectivity index (χ1n) is 11.6. The molecule has 0 aliphatic rings. The normalized spacial score (nSPS) is 11.8. The number of hydrogen-bond acceptors (Lipinski definition) is 1. The van der Waals surface area contributed by atoms with Gasteiger partial charge in [-0.2, -0.15) is 13.2 Å². The summed E-state index contributed by atoms with van der Waals surface area (Å²) in [6.45, 7) is 0.572. The molecule has 0 aliphatic heterocycles. The zero-order valence-corrected chi connectivity index (χ0v) is 19.6. The second kappa shape index (κ2) is 10.6. The zero-order chi connectivity index (χ0) is 25.9. The number of alkyl halides is 3. The Bertz CT molecular complexity index is 1340. The van der Waals surface area contributed by atoms with Crippen molar-refractivity contribution in [2.24, 2.45) is 0 Å². The van der Waals surface area contributed by atoms with Crippen LogP contribution in [0.15, 0.2) is 66.7 Å². The van der Waals surface area contributed by atoms with Crippen LogP contribution < -0.4 is 4.74 Å². The van der Waals surface area contributed by atoms with Gasteiger partial charge in [-0.15, -0.1) is 0 Å². The van der Waals surface area contributed by atoms with E-state index in [4.69, 9.17) is 4.74 Å². The molecule has 0 radical (unpaired) electrons. The van der Waals surface area contributed by atoms with Gasteiger partial charge >= 0.3 is 6.18 Å². The summed E-state index contributed by atoms with van der Waals surface area (Å²) in [5.74, 6) is -1.60. The van der Waals surface area contributed by atoms with Gasteiger partial charge in [0.2, 0.25) is 0 Å². The number of halogens is 6. The maximum Gasteiger partial charge on any atom is 0.422 e. The van der Waals surface area contributed by atoms with Crippen LogP contribution >= 0.6 is 0 Å². The second-order valence-corrected chi connectivity index (χ2v) is 8.71. The average Bonchev–Trinajstić information content (AvgIpc) is 2.82. The Kier molecular flexibility index (Phi) is 7.57. The Balaban J connectivity index is 1.50. The molecule has 1 nitrogen and oxygen atoms in total. The van der Waals surface area contributed by atoms with Gasteiger partial charge in [-0.1, -0.05) is 49.7 Å². The quantitative estimate of drug-likeness (QED) is 0.219. The van der Waals surface area contributed by atoms with Gasteiger partial charge in [0.05, 0.1) is 5.56 Å². The third kappa shape index (κ3) is 6.01. The van der Waals surface area contributed by atoms with Gasteiger partial charge in [-0.25, -0.2) is 13.2 Å². The van der Waals surface area contributed by atoms with Crippen molar-refractivity contribution in [3.8, 4) is 16.9 Å². The van der Waals surface area contributed by atoms with Crippen LogP contribution in [0.5, 0.6) is 5.75 Å². The number of fused-ring (bicyclic) bond motifs is 1. The van der Waals surface area contributed by atoms with Crippen molar-refractivity contribution in [1.29, 1.82) is 0 Å². The molecule has 7 heteroatoms. The van der Waals surface area contributed by atoms with Crippen LogP contribution in [0, 0.1) is 17.5 Å². The molecule has 0 aromatic heterocycles. The Morgan fingerprint density at radius 3 is 2.06 bits per heavy atom. The third-order valence-corrected chi connectivity index (χ3v) is 5.97. The smallest absolute Gasteiger partial charge is 0.422 e. The molecular formula is C29H24F6O. The summed E-state index contributed by atoms with van der Waals surface area (Å²) < 4.78 is 86.1. The highest BCUT2D eigenvalue weighted by atomic mass is 19.4. The van der Waals surface area contributed by atoms with E-state index in [0.717, 1.165) is 12.0 Å². The fraction of sp³-hybridized carbons (Fsp3) is 0.241. The van der Waals surface area contributed by atoms with Crippen molar-refractivity contribution >= 4 is 10.8 Å². The molecule has 0 unspecified atom stereocenters. The second-order valence-electron chi connectivity index (χ2n) is 8.71. The van der Waals surface area contributed by atoms with Crippen LogP contribution in [0.3, 0.4) is 0 Å². The largest absolute Gasteiger partial charge is 0.484 e. The molecule has 36 heavy (non-hydrogen) atoms. The van der Waals surface area contributed by atoms with Crippen molar-refractivity contribution in [3.63, 3.8) is 0 Å². The predicted octanol–water partition coefficient (Wildman–Crippen LogP) is 8.60. The molecule has 0 bridgehead atoms. The predicted molar refractivity (Wildman–Crippen MR) is 129 cm³/mol. The fourth-order valence-electron chi connectivity index (χ4n) is 4.22. The maximum absolute atomic E-state index is 15.2. The number of hydrogen-bond donors (Lipinski definition) is 0. The topological polar surface area (TPSA) is 9.23 Å². The van der Waals surface area contributed by atoms with E-state index in [2.05, 4.69) is 0 Å². The van der Waals surface area contributed by atoms with E-state index in [1.165, 1.54) is 36.4 Å². The highest BCUT2D eigenvalue weighted by molar-refractivity contribution is 5.88. The van der Waals surface area contributed by atoms with E-state index in [1.54, 1.807) is 30.3 Å². The monoisotopic (exact) mass is 502 g/mol. The standard InChI is InChI=1S/C29H24F6O/c1-2-3-19-14-25(30)27(26(31)15-19)22-10-13-24-21(16-22)9-8-20(28(24)32)7-4-18-5-11-23(12-6-18)36-17-29(33,34)35/h5-6,8-16H,2-4,7,17H2,1H3. The molecule has 188 valence electrons. The highest BCUT2D eigenvalue weighted by Crippen LogP contribution is 2.32. The molecule has 0 saturated heterocycles. The molecule has 4 aromatic carbocycles. The van der Waals surface area contributed by atoms with E-state index in [0.29, 0.717) is 46.7 Å². The minimum atomic E-state index is -4.41. The molecule has 0 heterocycles. The van der Waals surface area contributed by atoms with Gasteiger partial charge in [0.1, 0.15) is 23.2 Å². The lowest BCUT2D eigenvalue weighted by molar-refractivity contribution is -0.153. The summed E-state index contributed by atoms with van der Waals surface area (Å²) in [6.07, 6.45) is -2.21. The van der Waals surface area contributed by atoms with Crippen molar-refractivity contribution in [2.75, 3.05) is 6.61 Å². The summed E-state index contributed by atoms with van der Waals surface area (Å²) in [5.41, 5.74) is 2.08. The van der Waals surface area contributed by atoms with Gasteiger partial charge in [0, 0.05) is 5.39 Å². The van der Waals surface area contributed by atoms with E-state index >= 15 is 4.39 Å². The van der Waals surface area contributed by atoms with Gasteiger partial charge in [-0.05, 0) is 77.2 Å². The van der Waals surface area contributed by atoms with E-state index in [1.807, 2.05) is 6.92 Å². The Morgan fingerprint density at radius 1 is 0.722 bits per heavy atom. The highest BCUT2D eigenvalue weighted by Gasteiger charge is 2.28. The average molecular weight is 502 g/mol. The molecule has 0 spiro atoms. The molecule has 4 rings (SSSR count). The summed E-state index contributed by atoms with van der Waals surface area (Å²) >= 11 is 0. The van der Waals surface area contributed by atoms with Gasteiger partial charge in [0.25, 0.3) is 0 Å². The van der Waals surface area contributed by atoms with E-state index in [-0.39, 0.29) is 11.3 Å². The molecule has 0 fully saturated rings. The first kappa shape index (κ1) is 25.6. The van der Waals surface area contributed by atoms with Crippen LogP contribution in [0.2, 0.25) is 0 Å². The zero-order valence-electron chi connectivity index (χ0n) is 19.6. The van der Waals surface area contributed by atoms with Crippen molar-refractivity contribution < 1.29 is 31.1 Å². The first-order valence-corrected chi connectivity index (χ1v) is 11.6. The summed E-state index contributed by atoms with van der Waals surface area (Å²) in [5, 5.41) is 0.868. The Morgan fingerprint density at radius 2 is 1.42 bits per heavy atom. The van der Waals surface area contributed by atoms with Crippen molar-refractivity contribution in [3.05, 3.63) is 101 Å². The van der Waals surface area contributed by atoms with E-state index < -0.39 is 30.2 Å². The van der Waals surface area contributed by atoms with E-state index in [9.17, 15) is 22.0 Å². The minimum Gasteiger partial charge on any atom is -0.484 e. The molecule has 0 amide bonds. The lowest BCUT2D eigenvalue weighted by Gasteiger charge is -2.12. The van der Waals surface area contributed by atoms with Crippen LogP contribution in [0.25, 0.3) is 21.9 Å². The number of rotatable bonds is 8.